The van der Waals surface area contributed by atoms with Crippen LogP contribution >= 0.6 is 0 Å². The first-order valence-electron chi connectivity index (χ1n) is 8.20. The lowest BCUT2D eigenvalue weighted by Gasteiger charge is -2.41. The molecule has 1 fully saturated rings. The van der Waals surface area contributed by atoms with Crippen LogP contribution in [0, 0.1) is 20.8 Å². The molecule has 118 valence electrons. The van der Waals surface area contributed by atoms with Crippen molar-refractivity contribution in [3.63, 3.8) is 0 Å². The van der Waals surface area contributed by atoms with Gasteiger partial charge in [0.15, 0.2) is 0 Å². The predicted octanol–water partition coefficient (Wildman–Crippen LogP) is 2.64. The number of rotatable bonds is 4. The zero-order valence-electron chi connectivity index (χ0n) is 14.3. The van der Waals surface area contributed by atoms with Crippen LogP contribution in [-0.4, -0.2) is 48.6 Å². The van der Waals surface area contributed by atoms with Crippen molar-refractivity contribution in [1.29, 1.82) is 0 Å². The molecule has 0 spiro atoms. The van der Waals surface area contributed by atoms with Crippen molar-refractivity contribution < 1.29 is 0 Å². The van der Waals surface area contributed by atoms with Gasteiger partial charge < -0.3 is 5.73 Å². The molecule has 0 aliphatic carbocycles. The number of hydrogen-bond donors (Lipinski definition) is 1. The van der Waals surface area contributed by atoms with Gasteiger partial charge in [-0.2, -0.15) is 0 Å². The second-order valence-corrected chi connectivity index (χ2v) is 6.71. The van der Waals surface area contributed by atoms with Crippen LogP contribution in [0.5, 0.6) is 0 Å². The average molecular weight is 289 g/mol. The monoisotopic (exact) mass is 289 g/mol. The lowest BCUT2D eigenvalue weighted by Crippen LogP contribution is -2.51. The molecular formula is C18H31N3. The number of hydrogen-bond acceptors (Lipinski definition) is 3. The Morgan fingerprint density at radius 1 is 0.905 bits per heavy atom. The minimum atomic E-state index is 0.360. The SMILES string of the molecule is Cc1cc(C)c(C(CN)N2CCN(C(C)C)CC2)cc1C. The lowest BCUT2D eigenvalue weighted by molar-refractivity contribution is 0.0800. The van der Waals surface area contributed by atoms with E-state index in [1.54, 1.807) is 0 Å². The van der Waals surface area contributed by atoms with Gasteiger partial charge in [-0.25, -0.2) is 0 Å². The second kappa shape index (κ2) is 6.91. The Labute approximate surface area is 130 Å². The molecule has 0 amide bonds. The molecule has 2 N–H and O–H groups in total. The van der Waals surface area contributed by atoms with Crippen molar-refractivity contribution in [2.75, 3.05) is 32.7 Å². The third-order valence-electron chi connectivity index (χ3n) is 4.98. The maximum absolute atomic E-state index is 6.13. The van der Waals surface area contributed by atoms with Gasteiger partial charge in [-0.05, 0) is 56.9 Å². The van der Waals surface area contributed by atoms with Crippen LogP contribution in [0.2, 0.25) is 0 Å². The van der Waals surface area contributed by atoms with Gasteiger partial charge in [-0.15, -0.1) is 0 Å². The van der Waals surface area contributed by atoms with Crippen molar-refractivity contribution in [1.82, 2.24) is 9.80 Å². The first-order chi connectivity index (χ1) is 9.93. The summed E-state index contributed by atoms with van der Waals surface area (Å²) in [6.07, 6.45) is 0. The summed E-state index contributed by atoms with van der Waals surface area (Å²) >= 11 is 0. The van der Waals surface area contributed by atoms with Gasteiger partial charge in [0, 0.05) is 44.8 Å². The summed E-state index contributed by atoms with van der Waals surface area (Å²) in [5.74, 6) is 0. The van der Waals surface area contributed by atoms with Crippen LogP contribution in [0.1, 0.15) is 42.1 Å². The van der Waals surface area contributed by atoms with Gasteiger partial charge in [-0.3, -0.25) is 9.80 Å². The summed E-state index contributed by atoms with van der Waals surface area (Å²) in [5, 5.41) is 0. The highest BCUT2D eigenvalue weighted by molar-refractivity contribution is 5.38. The van der Waals surface area contributed by atoms with Crippen LogP contribution in [-0.2, 0) is 0 Å². The highest BCUT2D eigenvalue weighted by Gasteiger charge is 2.26. The Morgan fingerprint density at radius 2 is 1.43 bits per heavy atom. The normalized spacial score (nSPS) is 19.2. The molecule has 1 atom stereocenters. The fourth-order valence-electron chi connectivity index (χ4n) is 3.38. The average Bonchev–Trinajstić information content (AvgIpc) is 2.45. The number of nitrogens with zero attached hydrogens (tertiary/aromatic N) is 2. The Morgan fingerprint density at radius 3 is 1.95 bits per heavy atom. The zero-order valence-corrected chi connectivity index (χ0v) is 14.3. The molecule has 0 bridgehead atoms. The molecule has 1 saturated heterocycles. The Kier molecular flexibility index (Phi) is 5.42. The zero-order chi connectivity index (χ0) is 15.6. The highest BCUT2D eigenvalue weighted by atomic mass is 15.3. The predicted molar refractivity (Wildman–Crippen MR) is 90.7 cm³/mol. The van der Waals surface area contributed by atoms with Crippen LogP contribution in [0.25, 0.3) is 0 Å². The minimum absolute atomic E-state index is 0.360. The summed E-state index contributed by atoms with van der Waals surface area (Å²) in [5.41, 5.74) is 11.7. The molecule has 1 heterocycles. The first-order valence-corrected chi connectivity index (χ1v) is 8.20. The molecule has 1 aromatic rings. The van der Waals surface area contributed by atoms with Crippen LogP contribution < -0.4 is 5.73 Å². The van der Waals surface area contributed by atoms with Gasteiger partial charge in [0.25, 0.3) is 0 Å². The van der Waals surface area contributed by atoms with Crippen molar-refractivity contribution >= 4 is 0 Å². The van der Waals surface area contributed by atoms with Crippen molar-refractivity contribution in [2.45, 2.75) is 46.7 Å². The van der Waals surface area contributed by atoms with E-state index in [0.717, 1.165) is 26.2 Å². The van der Waals surface area contributed by atoms with Crippen LogP contribution in [0.15, 0.2) is 12.1 Å². The van der Waals surface area contributed by atoms with E-state index < -0.39 is 0 Å². The van der Waals surface area contributed by atoms with Gasteiger partial charge in [0.1, 0.15) is 0 Å². The number of aryl methyl sites for hydroxylation is 3. The van der Waals surface area contributed by atoms with E-state index in [-0.39, 0.29) is 0 Å². The molecular weight excluding hydrogens is 258 g/mol. The maximum atomic E-state index is 6.13. The summed E-state index contributed by atoms with van der Waals surface area (Å²) in [7, 11) is 0. The van der Waals surface area contributed by atoms with Crippen molar-refractivity contribution in [2.24, 2.45) is 5.73 Å². The van der Waals surface area contributed by atoms with E-state index >= 15 is 0 Å². The molecule has 1 unspecified atom stereocenters. The quantitative estimate of drug-likeness (QED) is 0.925. The third-order valence-corrected chi connectivity index (χ3v) is 4.98. The number of benzene rings is 1. The molecule has 0 saturated carbocycles. The molecule has 1 aliphatic rings. The van der Waals surface area contributed by atoms with E-state index in [4.69, 9.17) is 5.73 Å². The summed E-state index contributed by atoms with van der Waals surface area (Å²) in [6.45, 7) is 16.4. The van der Waals surface area contributed by atoms with Crippen LogP contribution in [0.3, 0.4) is 0 Å². The molecule has 3 heteroatoms. The first kappa shape index (κ1) is 16.5. The summed E-state index contributed by atoms with van der Waals surface area (Å²) < 4.78 is 0. The Bertz CT molecular complexity index is 474. The van der Waals surface area contributed by atoms with E-state index in [1.807, 2.05) is 0 Å². The molecule has 0 radical (unpaired) electrons. The number of nitrogens with two attached hydrogens (primary N) is 1. The van der Waals surface area contributed by atoms with E-state index in [2.05, 4.69) is 56.6 Å². The molecule has 0 aromatic heterocycles. The standard InChI is InChI=1S/C18H31N3/c1-13(2)20-6-8-21(9-7-20)18(12-19)17-11-15(4)14(3)10-16(17)5/h10-11,13,18H,6-9,12,19H2,1-5H3. The van der Waals surface area contributed by atoms with Crippen molar-refractivity contribution in [3.05, 3.63) is 34.4 Å². The Hall–Kier alpha value is -0.900. The molecule has 3 nitrogen and oxygen atoms in total. The summed E-state index contributed by atoms with van der Waals surface area (Å²) in [6, 6.07) is 5.65. The largest absolute Gasteiger partial charge is 0.329 e. The molecule has 1 aromatic carbocycles. The van der Waals surface area contributed by atoms with E-state index in [0.29, 0.717) is 18.6 Å². The smallest absolute Gasteiger partial charge is 0.0474 e. The third kappa shape index (κ3) is 3.65. The van der Waals surface area contributed by atoms with Crippen molar-refractivity contribution in [3.8, 4) is 0 Å². The lowest BCUT2D eigenvalue weighted by atomic mass is 9.94. The second-order valence-electron chi connectivity index (χ2n) is 6.71. The van der Waals surface area contributed by atoms with E-state index in [1.165, 1.54) is 22.3 Å². The maximum Gasteiger partial charge on any atom is 0.0474 e. The van der Waals surface area contributed by atoms with Gasteiger partial charge in [0.2, 0.25) is 0 Å². The fourth-order valence-corrected chi connectivity index (χ4v) is 3.38. The summed E-state index contributed by atoms with van der Waals surface area (Å²) in [4.78, 5) is 5.12. The van der Waals surface area contributed by atoms with E-state index in [9.17, 15) is 0 Å². The topological polar surface area (TPSA) is 32.5 Å². The van der Waals surface area contributed by atoms with Gasteiger partial charge in [0.05, 0.1) is 0 Å². The molecule has 1 aliphatic heterocycles. The molecule has 21 heavy (non-hydrogen) atoms. The van der Waals surface area contributed by atoms with Gasteiger partial charge >= 0.3 is 0 Å². The molecule has 2 rings (SSSR count). The Balaban J connectivity index is 2.16. The van der Waals surface area contributed by atoms with Crippen LogP contribution in [0.4, 0.5) is 0 Å². The minimum Gasteiger partial charge on any atom is -0.329 e. The number of piperazine rings is 1. The fraction of sp³-hybridized carbons (Fsp3) is 0.667. The highest BCUT2D eigenvalue weighted by Crippen LogP contribution is 2.27. The van der Waals surface area contributed by atoms with Gasteiger partial charge in [-0.1, -0.05) is 12.1 Å².